The van der Waals surface area contributed by atoms with Crippen LogP contribution in [0.2, 0.25) is 0 Å². The van der Waals surface area contributed by atoms with Crippen LogP contribution in [0, 0.1) is 17.3 Å². The van der Waals surface area contributed by atoms with E-state index < -0.39 is 17.9 Å². The Morgan fingerprint density at radius 1 is 1.07 bits per heavy atom. The molecule has 2 aromatic heterocycles. The first-order valence-electron chi connectivity index (χ1n) is 13.7. The molecule has 1 aliphatic rings. The number of esters is 1. The number of nitrogens with two attached hydrogens (primary N) is 1. The van der Waals surface area contributed by atoms with Gasteiger partial charge >= 0.3 is 5.97 Å². The van der Waals surface area contributed by atoms with Crippen molar-refractivity contribution in [2.45, 2.75) is 53.1 Å². The van der Waals surface area contributed by atoms with Crippen molar-refractivity contribution in [3.63, 3.8) is 0 Å². The third-order valence-electron chi connectivity index (χ3n) is 7.02. The molecule has 8 heteroatoms. The number of nitrogens with zero attached hydrogens (tertiary/aromatic N) is 1. The van der Waals surface area contributed by atoms with Crippen LogP contribution in [0.25, 0.3) is 21.8 Å². The lowest BCUT2D eigenvalue weighted by Gasteiger charge is -2.34. The Balaban J connectivity index is 0.000000190. The van der Waals surface area contributed by atoms with Crippen molar-refractivity contribution < 1.29 is 23.8 Å². The minimum absolute atomic E-state index is 0.0155. The number of rotatable bonds is 8. The lowest BCUT2D eigenvalue weighted by atomic mass is 9.90. The van der Waals surface area contributed by atoms with Gasteiger partial charge in [0.15, 0.2) is 6.29 Å². The molecule has 0 aliphatic carbocycles. The highest BCUT2D eigenvalue weighted by Gasteiger charge is 2.29. The van der Waals surface area contributed by atoms with Crippen molar-refractivity contribution in [3.05, 3.63) is 78.1 Å². The fourth-order valence-electron chi connectivity index (χ4n) is 4.63. The van der Waals surface area contributed by atoms with Gasteiger partial charge in [-0.1, -0.05) is 76.2 Å². The first kappa shape index (κ1) is 29.4. The van der Waals surface area contributed by atoms with E-state index in [1.54, 1.807) is 0 Å². The predicted octanol–water partition coefficient (Wildman–Crippen LogP) is 5.19. The molecule has 1 fully saturated rings. The number of aromatic amines is 1. The summed E-state index contributed by atoms with van der Waals surface area (Å²) in [5.41, 5.74) is 9.94. The molecule has 212 valence electrons. The number of ether oxygens (including phenoxy) is 3. The van der Waals surface area contributed by atoms with Crippen molar-refractivity contribution >= 4 is 34.1 Å². The molecule has 0 amide bonds. The van der Waals surface area contributed by atoms with Gasteiger partial charge < -0.3 is 29.7 Å². The molecular formula is C32H39N3O5. The van der Waals surface area contributed by atoms with E-state index in [2.05, 4.69) is 48.1 Å². The average Bonchev–Trinajstić information content (AvgIpc) is 3.34. The molecule has 1 saturated heterocycles. The van der Waals surface area contributed by atoms with Crippen LogP contribution in [0.1, 0.15) is 39.0 Å². The van der Waals surface area contributed by atoms with Gasteiger partial charge in [0, 0.05) is 40.2 Å². The van der Waals surface area contributed by atoms with Gasteiger partial charge in [-0.15, -0.1) is 0 Å². The molecule has 1 aliphatic heterocycles. The smallest absolute Gasteiger partial charge is 0.323 e. The number of pyridine rings is 1. The van der Waals surface area contributed by atoms with Crippen molar-refractivity contribution in [2.24, 2.45) is 23.0 Å². The topological polar surface area (TPSA) is 117 Å². The second-order valence-corrected chi connectivity index (χ2v) is 11.3. The summed E-state index contributed by atoms with van der Waals surface area (Å²) >= 11 is 0. The van der Waals surface area contributed by atoms with Gasteiger partial charge in [0.05, 0.1) is 24.4 Å². The Bertz CT molecular complexity index is 1410. The Kier molecular flexibility index (Phi) is 9.68. The Labute approximate surface area is 235 Å². The fraction of sp³-hybridized carbons (Fsp3) is 0.406. The SMILES string of the molecule is CC(C)C(C=O)C(N)C(=O)OCc1ccccc1.CC1(C)COC(Cc2nccc3c2[nH]c2ccccc23)OC1. The van der Waals surface area contributed by atoms with Crippen molar-refractivity contribution in [1.29, 1.82) is 0 Å². The van der Waals surface area contributed by atoms with E-state index in [-0.39, 0.29) is 24.2 Å². The lowest BCUT2D eigenvalue weighted by molar-refractivity contribution is -0.220. The summed E-state index contributed by atoms with van der Waals surface area (Å²) in [6, 6.07) is 18.8. The summed E-state index contributed by atoms with van der Waals surface area (Å²) in [7, 11) is 0. The van der Waals surface area contributed by atoms with Gasteiger partial charge in [-0.2, -0.15) is 0 Å². The molecule has 3 heterocycles. The van der Waals surface area contributed by atoms with Crippen LogP contribution >= 0.6 is 0 Å². The van der Waals surface area contributed by atoms with E-state index in [0.717, 1.165) is 41.8 Å². The van der Waals surface area contributed by atoms with Crippen LogP contribution in [0.5, 0.6) is 0 Å². The van der Waals surface area contributed by atoms with Gasteiger partial charge in [0.2, 0.25) is 0 Å². The quantitative estimate of drug-likeness (QED) is 0.231. The highest BCUT2D eigenvalue weighted by atomic mass is 16.7. The lowest BCUT2D eigenvalue weighted by Crippen LogP contribution is -2.42. The summed E-state index contributed by atoms with van der Waals surface area (Å²) in [6.45, 7) is 9.63. The van der Waals surface area contributed by atoms with E-state index in [9.17, 15) is 9.59 Å². The molecule has 0 saturated carbocycles. The number of aldehydes is 1. The molecule has 5 rings (SSSR count). The molecule has 40 heavy (non-hydrogen) atoms. The summed E-state index contributed by atoms with van der Waals surface area (Å²) in [5, 5.41) is 2.43. The Hall–Kier alpha value is -3.59. The van der Waals surface area contributed by atoms with Crippen molar-refractivity contribution in [1.82, 2.24) is 9.97 Å². The molecule has 0 spiro atoms. The van der Waals surface area contributed by atoms with Gasteiger partial charge in [0.1, 0.15) is 18.9 Å². The summed E-state index contributed by atoms with van der Waals surface area (Å²) in [6.07, 6.45) is 3.04. The number of para-hydroxylation sites is 1. The van der Waals surface area contributed by atoms with Gasteiger partial charge in [0.25, 0.3) is 0 Å². The molecular weight excluding hydrogens is 506 g/mol. The van der Waals surface area contributed by atoms with E-state index in [0.29, 0.717) is 6.42 Å². The Morgan fingerprint density at radius 2 is 1.75 bits per heavy atom. The van der Waals surface area contributed by atoms with Crippen LogP contribution < -0.4 is 5.73 Å². The number of benzene rings is 2. The maximum absolute atomic E-state index is 11.7. The van der Waals surface area contributed by atoms with Crippen LogP contribution in [0.4, 0.5) is 0 Å². The van der Waals surface area contributed by atoms with Crippen molar-refractivity contribution in [3.8, 4) is 0 Å². The van der Waals surface area contributed by atoms with Crippen molar-refractivity contribution in [2.75, 3.05) is 13.2 Å². The summed E-state index contributed by atoms with van der Waals surface area (Å²) in [5.74, 6) is -1.03. The fourth-order valence-corrected chi connectivity index (χ4v) is 4.63. The highest BCUT2D eigenvalue weighted by molar-refractivity contribution is 6.07. The summed E-state index contributed by atoms with van der Waals surface area (Å²) in [4.78, 5) is 30.6. The number of H-pyrrole nitrogens is 1. The number of carbonyl (C=O) groups excluding carboxylic acids is 2. The normalized spacial score (nSPS) is 16.8. The number of carbonyl (C=O) groups is 2. The average molecular weight is 546 g/mol. The van der Waals surface area contributed by atoms with Crippen LogP contribution in [0.15, 0.2) is 66.9 Å². The van der Waals surface area contributed by atoms with Crippen LogP contribution in [-0.2, 0) is 36.8 Å². The third kappa shape index (κ3) is 7.33. The molecule has 0 radical (unpaired) electrons. The first-order chi connectivity index (χ1) is 19.2. The highest BCUT2D eigenvalue weighted by Crippen LogP contribution is 2.29. The van der Waals surface area contributed by atoms with E-state index >= 15 is 0 Å². The number of nitrogens with one attached hydrogen (secondary N) is 1. The standard InChI is InChI=1S/C18H20N2O2.C14H19NO3/c1-18(2)10-21-16(22-11-18)9-15-17-13(7-8-19-15)12-5-3-4-6-14(12)20-17;1-10(2)12(8-16)13(15)14(17)18-9-11-6-4-3-5-7-11/h3-8,16,20H,9-11H2,1-2H3;3-8,10,12-13H,9,15H2,1-2H3. The minimum Gasteiger partial charge on any atom is -0.460 e. The van der Waals surface area contributed by atoms with Gasteiger partial charge in [-0.05, 0) is 23.6 Å². The van der Waals surface area contributed by atoms with E-state index in [1.165, 1.54) is 10.8 Å². The van der Waals surface area contributed by atoms with E-state index in [1.807, 2.05) is 56.4 Å². The number of aromatic nitrogens is 2. The monoisotopic (exact) mass is 545 g/mol. The zero-order valence-corrected chi connectivity index (χ0v) is 23.6. The molecule has 3 N–H and O–H groups in total. The second kappa shape index (κ2) is 13.2. The third-order valence-corrected chi connectivity index (χ3v) is 7.02. The molecule has 0 bridgehead atoms. The zero-order chi connectivity index (χ0) is 28.7. The number of fused-ring (bicyclic) bond motifs is 3. The molecule has 2 unspecified atom stereocenters. The maximum atomic E-state index is 11.7. The molecule has 2 atom stereocenters. The largest absolute Gasteiger partial charge is 0.460 e. The second-order valence-electron chi connectivity index (χ2n) is 11.3. The number of hydrogen-bond donors (Lipinski definition) is 2. The maximum Gasteiger partial charge on any atom is 0.323 e. The first-order valence-corrected chi connectivity index (χ1v) is 13.7. The molecule has 4 aromatic rings. The summed E-state index contributed by atoms with van der Waals surface area (Å²) < 4.78 is 16.8. The predicted molar refractivity (Wildman–Crippen MR) is 155 cm³/mol. The molecule has 8 nitrogen and oxygen atoms in total. The minimum atomic E-state index is -0.897. The number of hydrogen-bond acceptors (Lipinski definition) is 7. The van der Waals surface area contributed by atoms with E-state index in [4.69, 9.17) is 19.9 Å². The zero-order valence-electron chi connectivity index (χ0n) is 23.6. The van der Waals surface area contributed by atoms with Gasteiger partial charge in [-0.25, -0.2) is 0 Å². The molecule has 2 aromatic carbocycles. The Morgan fingerprint density at radius 3 is 2.42 bits per heavy atom. The van der Waals surface area contributed by atoms with Gasteiger partial charge in [-0.3, -0.25) is 9.78 Å². The van der Waals surface area contributed by atoms with Crippen LogP contribution in [-0.4, -0.2) is 47.8 Å². The van der Waals surface area contributed by atoms with Crippen LogP contribution in [0.3, 0.4) is 0 Å².